The van der Waals surface area contributed by atoms with E-state index in [2.05, 4.69) is 13.8 Å². The van der Waals surface area contributed by atoms with Gasteiger partial charge in [0, 0.05) is 11.5 Å². The predicted octanol–water partition coefficient (Wildman–Crippen LogP) is 8.48. The number of halogens is 3. The van der Waals surface area contributed by atoms with Gasteiger partial charge in [0.05, 0.1) is 19.8 Å². The highest BCUT2D eigenvalue weighted by atomic mass is 19.2. The van der Waals surface area contributed by atoms with Gasteiger partial charge >= 0.3 is 5.97 Å². The molecule has 1 aliphatic rings. The molecule has 0 bridgehead atoms. The number of unbranched alkanes of at least 4 members (excludes halogenated alkanes) is 4. The quantitative estimate of drug-likeness (QED) is 0.117. The van der Waals surface area contributed by atoms with Gasteiger partial charge < -0.3 is 18.9 Å². The zero-order valence-corrected chi connectivity index (χ0v) is 23.6. The lowest BCUT2D eigenvalue weighted by atomic mass is 9.99. The Labute approximate surface area is 239 Å². The molecule has 0 saturated carbocycles. The SMILES string of the molecule is CCCCCOc1ccc(-c2ccc(-c3ccc(OC(=O)C4OCC(CCCCC)CO4)c(F)c3)cc2)c(F)c1F. The molecule has 0 unspecified atom stereocenters. The van der Waals surface area contributed by atoms with Gasteiger partial charge in [0.2, 0.25) is 5.82 Å². The van der Waals surface area contributed by atoms with E-state index in [1.165, 1.54) is 24.3 Å². The molecule has 5 nitrogen and oxygen atoms in total. The Hall–Kier alpha value is -3.36. The van der Waals surface area contributed by atoms with Crippen LogP contribution in [-0.2, 0) is 14.3 Å². The number of ether oxygens (including phenoxy) is 4. The smallest absolute Gasteiger partial charge is 0.368 e. The maximum absolute atomic E-state index is 14.8. The average molecular weight is 571 g/mol. The summed E-state index contributed by atoms with van der Waals surface area (Å²) in [7, 11) is 0. The zero-order chi connectivity index (χ0) is 29.2. The molecule has 0 radical (unpaired) electrons. The lowest BCUT2D eigenvalue weighted by Gasteiger charge is -2.28. The van der Waals surface area contributed by atoms with Crippen LogP contribution in [0.5, 0.6) is 11.5 Å². The maximum Gasteiger partial charge on any atom is 0.368 e. The second-order valence-electron chi connectivity index (χ2n) is 10.3. The van der Waals surface area contributed by atoms with E-state index in [0.29, 0.717) is 36.5 Å². The fraction of sp³-hybridized carbons (Fsp3) is 0.424. The van der Waals surface area contributed by atoms with Crippen molar-refractivity contribution in [1.29, 1.82) is 0 Å². The van der Waals surface area contributed by atoms with Gasteiger partial charge in [-0.15, -0.1) is 0 Å². The lowest BCUT2D eigenvalue weighted by Crippen LogP contribution is -2.39. The molecule has 1 heterocycles. The molecule has 0 atom stereocenters. The summed E-state index contributed by atoms with van der Waals surface area (Å²) in [6, 6.07) is 13.8. The number of carbonyl (C=O) groups is 1. The summed E-state index contributed by atoms with van der Waals surface area (Å²) >= 11 is 0. The van der Waals surface area contributed by atoms with Gasteiger partial charge in [-0.05, 0) is 53.8 Å². The third kappa shape index (κ3) is 8.11. The van der Waals surface area contributed by atoms with Crippen molar-refractivity contribution in [2.24, 2.45) is 5.92 Å². The van der Waals surface area contributed by atoms with Crippen molar-refractivity contribution in [3.05, 3.63) is 72.0 Å². The third-order valence-electron chi connectivity index (χ3n) is 7.10. The first-order valence-electron chi connectivity index (χ1n) is 14.4. The highest BCUT2D eigenvalue weighted by Gasteiger charge is 2.30. The van der Waals surface area contributed by atoms with Crippen LogP contribution in [0.15, 0.2) is 54.6 Å². The van der Waals surface area contributed by atoms with Gasteiger partial charge in [-0.25, -0.2) is 13.6 Å². The minimum absolute atomic E-state index is 0.0998. The summed E-state index contributed by atoms with van der Waals surface area (Å²) in [5.74, 6) is -3.65. The minimum atomic E-state index is -1.18. The largest absolute Gasteiger partial charge is 0.490 e. The molecule has 0 aliphatic carbocycles. The molecule has 0 N–H and O–H groups in total. The molecule has 4 rings (SSSR count). The molecule has 3 aromatic rings. The molecule has 1 aliphatic heterocycles. The van der Waals surface area contributed by atoms with Crippen LogP contribution in [0.3, 0.4) is 0 Å². The Balaban J connectivity index is 1.36. The van der Waals surface area contributed by atoms with E-state index in [0.717, 1.165) is 44.9 Å². The van der Waals surface area contributed by atoms with E-state index in [4.69, 9.17) is 18.9 Å². The van der Waals surface area contributed by atoms with Gasteiger partial charge in [-0.1, -0.05) is 76.3 Å². The van der Waals surface area contributed by atoms with Crippen molar-refractivity contribution in [3.63, 3.8) is 0 Å². The summed E-state index contributed by atoms with van der Waals surface area (Å²) in [5, 5.41) is 0. The van der Waals surface area contributed by atoms with Crippen molar-refractivity contribution in [1.82, 2.24) is 0 Å². The first kappa shape index (κ1) is 30.6. The van der Waals surface area contributed by atoms with Crippen LogP contribution in [-0.4, -0.2) is 32.1 Å². The van der Waals surface area contributed by atoms with Crippen LogP contribution in [0.4, 0.5) is 13.2 Å². The number of hydrogen-bond donors (Lipinski definition) is 0. The van der Waals surface area contributed by atoms with Crippen LogP contribution >= 0.6 is 0 Å². The van der Waals surface area contributed by atoms with E-state index in [1.54, 1.807) is 30.3 Å². The molecule has 41 heavy (non-hydrogen) atoms. The summed E-state index contributed by atoms with van der Waals surface area (Å²) in [6.07, 6.45) is 5.87. The van der Waals surface area contributed by atoms with Crippen molar-refractivity contribution in [3.8, 4) is 33.8 Å². The topological polar surface area (TPSA) is 54.0 Å². The Bertz CT molecular complexity index is 1290. The van der Waals surface area contributed by atoms with Gasteiger partial charge in [0.1, 0.15) is 0 Å². The fourth-order valence-electron chi connectivity index (χ4n) is 4.69. The average Bonchev–Trinajstić information content (AvgIpc) is 2.99. The van der Waals surface area contributed by atoms with E-state index < -0.39 is 29.7 Å². The Morgan fingerprint density at radius 2 is 1.41 bits per heavy atom. The molecule has 220 valence electrons. The molecule has 0 spiro atoms. The van der Waals surface area contributed by atoms with Crippen LogP contribution in [0, 0.1) is 23.4 Å². The number of carbonyl (C=O) groups excluding carboxylic acids is 1. The summed E-state index contributed by atoms with van der Waals surface area (Å²) in [5.41, 5.74) is 1.74. The van der Waals surface area contributed by atoms with Crippen molar-refractivity contribution in [2.45, 2.75) is 65.1 Å². The van der Waals surface area contributed by atoms with Crippen LogP contribution in [0.25, 0.3) is 22.3 Å². The maximum atomic E-state index is 14.8. The predicted molar refractivity (Wildman–Crippen MR) is 151 cm³/mol. The molecule has 8 heteroatoms. The van der Waals surface area contributed by atoms with E-state index in [-0.39, 0.29) is 23.0 Å². The van der Waals surface area contributed by atoms with E-state index in [1.807, 2.05) is 0 Å². The standard InChI is InChI=1S/C33H37F3O5/c1-3-5-7-9-22-20-39-33(40-21-22)32(37)41-28-16-14-25(19-27(28)34)23-10-12-24(13-11-23)26-15-17-29(31(36)30(26)35)38-18-8-6-4-2/h10-17,19,22,33H,3-9,18,20-21H2,1-2H3. The second kappa shape index (κ2) is 15.0. The highest BCUT2D eigenvalue weighted by molar-refractivity contribution is 5.77. The molecule has 0 amide bonds. The van der Waals surface area contributed by atoms with E-state index in [9.17, 15) is 18.0 Å². The first-order chi connectivity index (χ1) is 19.9. The van der Waals surface area contributed by atoms with Crippen LogP contribution < -0.4 is 9.47 Å². The number of benzene rings is 3. The van der Waals surface area contributed by atoms with Crippen molar-refractivity contribution >= 4 is 5.97 Å². The van der Waals surface area contributed by atoms with Gasteiger partial charge in [0.15, 0.2) is 23.1 Å². The number of hydrogen-bond acceptors (Lipinski definition) is 5. The number of esters is 1. The zero-order valence-electron chi connectivity index (χ0n) is 23.6. The summed E-state index contributed by atoms with van der Waals surface area (Å²) in [6.45, 7) is 5.31. The van der Waals surface area contributed by atoms with E-state index >= 15 is 0 Å². The minimum Gasteiger partial charge on any atom is -0.490 e. The van der Waals surface area contributed by atoms with Crippen LogP contribution in [0.2, 0.25) is 0 Å². The molecule has 3 aromatic carbocycles. The summed E-state index contributed by atoms with van der Waals surface area (Å²) in [4.78, 5) is 12.5. The lowest BCUT2D eigenvalue weighted by molar-refractivity contribution is -0.215. The van der Waals surface area contributed by atoms with Gasteiger partial charge in [-0.2, -0.15) is 4.39 Å². The molecule has 1 fully saturated rings. The normalized spacial score (nSPS) is 16.9. The molecule has 1 saturated heterocycles. The fourth-order valence-corrected chi connectivity index (χ4v) is 4.69. The Morgan fingerprint density at radius 1 is 0.780 bits per heavy atom. The summed E-state index contributed by atoms with van der Waals surface area (Å²) < 4.78 is 65.8. The molecular formula is C33H37F3O5. The van der Waals surface area contributed by atoms with Gasteiger partial charge in [-0.3, -0.25) is 0 Å². The van der Waals surface area contributed by atoms with Crippen molar-refractivity contribution < 1.29 is 36.9 Å². The van der Waals surface area contributed by atoms with Crippen LogP contribution in [0.1, 0.15) is 58.8 Å². The van der Waals surface area contributed by atoms with Gasteiger partial charge in [0.25, 0.3) is 6.29 Å². The van der Waals surface area contributed by atoms with Crippen molar-refractivity contribution in [2.75, 3.05) is 19.8 Å². The highest BCUT2D eigenvalue weighted by Crippen LogP contribution is 2.32. The first-order valence-corrected chi connectivity index (χ1v) is 14.4. The molecular weight excluding hydrogens is 533 g/mol. The monoisotopic (exact) mass is 570 g/mol. The number of rotatable bonds is 13. The molecule has 0 aromatic heterocycles. The Morgan fingerprint density at radius 3 is 2.10 bits per heavy atom. The second-order valence-corrected chi connectivity index (χ2v) is 10.3. The Kier molecular flexibility index (Phi) is 11.2. The third-order valence-corrected chi connectivity index (χ3v) is 7.10.